The van der Waals surface area contributed by atoms with Gasteiger partial charge in [0, 0.05) is 56.1 Å². The third-order valence-corrected chi connectivity index (χ3v) is 7.37. The Hall–Kier alpha value is -4.53. The highest BCUT2D eigenvalue weighted by molar-refractivity contribution is 7.80. The highest BCUT2D eigenvalue weighted by Gasteiger charge is 2.34. The SMILES string of the molecule is Cc1cccc(NC(=S)N(Cc2ccccc2C(F)(F)F)C[C@H](CN)C(=O)Cc2cncn2Cc2ccc(C#N)cc2)c1. The number of alkyl halides is 3. The number of aromatic nitrogens is 2. The number of benzene rings is 3. The molecule has 3 aromatic carbocycles. The summed E-state index contributed by atoms with van der Waals surface area (Å²) in [5.41, 5.74) is 9.15. The fraction of sp³-hybridized carbons (Fsp3) is 0.250. The van der Waals surface area contributed by atoms with Crippen LogP contribution in [0.15, 0.2) is 85.3 Å². The molecule has 0 unspecified atom stereocenters. The van der Waals surface area contributed by atoms with Gasteiger partial charge in [0.05, 0.1) is 23.5 Å². The Bertz CT molecular complexity index is 1610. The molecular weight excluding hydrogens is 573 g/mol. The van der Waals surface area contributed by atoms with Crippen LogP contribution in [0.2, 0.25) is 0 Å². The summed E-state index contributed by atoms with van der Waals surface area (Å²) in [5, 5.41) is 12.3. The van der Waals surface area contributed by atoms with Crippen molar-refractivity contribution in [3.63, 3.8) is 0 Å². The predicted octanol–water partition coefficient (Wildman–Crippen LogP) is 5.72. The third kappa shape index (κ3) is 8.50. The summed E-state index contributed by atoms with van der Waals surface area (Å²) in [6.07, 6.45) is -1.29. The van der Waals surface area contributed by atoms with Crippen LogP contribution >= 0.6 is 12.2 Å². The Kier molecular flexibility index (Phi) is 10.3. The van der Waals surface area contributed by atoms with E-state index in [1.807, 2.05) is 47.9 Å². The van der Waals surface area contributed by atoms with Crippen molar-refractivity contribution in [1.29, 1.82) is 5.26 Å². The predicted molar refractivity (Wildman–Crippen MR) is 163 cm³/mol. The van der Waals surface area contributed by atoms with Crippen LogP contribution in [0.4, 0.5) is 18.9 Å². The van der Waals surface area contributed by atoms with E-state index in [0.717, 1.165) is 17.2 Å². The summed E-state index contributed by atoms with van der Waals surface area (Å²) in [6, 6.07) is 22.0. The minimum absolute atomic E-state index is 0.0168. The van der Waals surface area contributed by atoms with Crippen LogP contribution in [0.5, 0.6) is 0 Å². The normalized spacial score (nSPS) is 11.9. The van der Waals surface area contributed by atoms with E-state index in [1.165, 1.54) is 12.1 Å². The Labute approximate surface area is 253 Å². The van der Waals surface area contributed by atoms with Crippen molar-refractivity contribution in [2.45, 2.75) is 32.6 Å². The van der Waals surface area contributed by atoms with E-state index < -0.39 is 17.7 Å². The second kappa shape index (κ2) is 14.1. The van der Waals surface area contributed by atoms with Crippen LogP contribution < -0.4 is 11.1 Å². The Morgan fingerprint density at radius 3 is 2.56 bits per heavy atom. The monoisotopic (exact) mass is 604 g/mol. The maximum atomic E-state index is 13.8. The Morgan fingerprint density at radius 2 is 1.88 bits per heavy atom. The van der Waals surface area contributed by atoms with Crippen molar-refractivity contribution >= 4 is 28.8 Å². The van der Waals surface area contributed by atoms with Gasteiger partial charge in [-0.1, -0.05) is 42.5 Å². The van der Waals surface area contributed by atoms with Crippen molar-refractivity contribution in [3.05, 3.63) is 119 Å². The molecule has 0 aliphatic rings. The zero-order valence-corrected chi connectivity index (χ0v) is 24.3. The topological polar surface area (TPSA) is 100.0 Å². The average molecular weight is 605 g/mol. The molecule has 1 aromatic heterocycles. The molecular formula is C32H31F3N6OS. The zero-order valence-electron chi connectivity index (χ0n) is 23.5. The summed E-state index contributed by atoms with van der Waals surface area (Å²) in [5.74, 6) is -0.898. The molecule has 0 saturated carbocycles. The molecule has 0 saturated heterocycles. The van der Waals surface area contributed by atoms with Crippen LogP contribution in [-0.2, 0) is 30.5 Å². The maximum absolute atomic E-state index is 13.8. The van der Waals surface area contributed by atoms with Crippen molar-refractivity contribution in [3.8, 4) is 6.07 Å². The van der Waals surface area contributed by atoms with E-state index >= 15 is 0 Å². The number of rotatable bonds is 11. The molecule has 7 nitrogen and oxygen atoms in total. The molecule has 0 aliphatic heterocycles. The van der Waals surface area contributed by atoms with Crippen molar-refractivity contribution in [1.82, 2.24) is 14.5 Å². The molecule has 1 atom stereocenters. The van der Waals surface area contributed by atoms with E-state index in [0.29, 0.717) is 23.5 Å². The van der Waals surface area contributed by atoms with Gasteiger partial charge in [0.2, 0.25) is 0 Å². The van der Waals surface area contributed by atoms with Crippen LogP contribution in [0, 0.1) is 24.2 Å². The quantitative estimate of drug-likeness (QED) is 0.212. The van der Waals surface area contributed by atoms with E-state index in [2.05, 4.69) is 16.4 Å². The van der Waals surface area contributed by atoms with E-state index in [-0.39, 0.29) is 42.5 Å². The summed E-state index contributed by atoms with van der Waals surface area (Å²) in [6.45, 7) is 2.19. The van der Waals surface area contributed by atoms with Gasteiger partial charge in [-0.2, -0.15) is 18.4 Å². The Morgan fingerprint density at radius 1 is 1.14 bits per heavy atom. The number of carbonyl (C=O) groups is 1. The minimum Gasteiger partial charge on any atom is -0.344 e. The number of hydrogen-bond acceptors (Lipinski definition) is 5. The molecule has 0 bridgehead atoms. The van der Waals surface area contributed by atoms with E-state index in [1.54, 1.807) is 35.6 Å². The molecule has 0 aliphatic carbocycles. The first-order chi connectivity index (χ1) is 20.6. The van der Waals surface area contributed by atoms with Gasteiger partial charge in [-0.05, 0) is 66.2 Å². The van der Waals surface area contributed by atoms with Crippen LogP contribution in [-0.4, -0.2) is 38.4 Å². The van der Waals surface area contributed by atoms with Gasteiger partial charge in [0.1, 0.15) is 5.78 Å². The van der Waals surface area contributed by atoms with Gasteiger partial charge in [-0.3, -0.25) is 4.79 Å². The number of nitrogens with two attached hydrogens (primary N) is 1. The van der Waals surface area contributed by atoms with Crippen molar-refractivity contribution in [2.24, 2.45) is 11.7 Å². The summed E-state index contributed by atoms with van der Waals surface area (Å²) in [4.78, 5) is 19.3. The molecule has 4 aromatic rings. The largest absolute Gasteiger partial charge is 0.416 e. The van der Waals surface area contributed by atoms with Crippen molar-refractivity contribution < 1.29 is 18.0 Å². The molecule has 4 rings (SSSR count). The number of anilines is 1. The van der Waals surface area contributed by atoms with Gasteiger partial charge < -0.3 is 20.5 Å². The number of carbonyl (C=O) groups excluding carboxylic acids is 1. The summed E-state index contributed by atoms with van der Waals surface area (Å²) in [7, 11) is 0. The molecule has 0 fully saturated rings. The lowest BCUT2D eigenvalue weighted by Crippen LogP contribution is -2.43. The summed E-state index contributed by atoms with van der Waals surface area (Å²) >= 11 is 5.66. The molecule has 43 heavy (non-hydrogen) atoms. The third-order valence-electron chi connectivity index (χ3n) is 7.01. The van der Waals surface area contributed by atoms with Gasteiger partial charge in [0.15, 0.2) is 5.11 Å². The Balaban J connectivity index is 1.54. The minimum atomic E-state index is -4.55. The lowest BCUT2D eigenvalue weighted by Gasteiger charge is -2.30. The highest BCUT2D eigenvalue weighted by atomic mass is 32.1. The fourth-order valence-electron chi connectivity index (χ4n) is 4.70. The molecule has 1 heterocycles. The number of imidazole rings is 1. The molecule has 11 heteroatoms. The number of aryl methyl sites for hydroxylation is 1. The van der Waals surface area contributed by atoms with Gasteiger partial charge in [0.25, 0.3) is 0 Å². The van der Waals surface area contributed by atoms with Gasteiger partial charge >= 0.3 is 6.18 Å². The van der Waals surface area contributed by atoms with Gasteiger partial charge in [-0.25, -0.2) is 4.98 Å². The molecule has 3 N–H and O–H groups in total. The number of halogens is 3. The number of ketones is 1. The second-order valence-corrected chi connectivity index (χ2v) is 10.6. The first-order valence-corrected chi connectivity index (χ1v) is 14.0. The van der Waals surface area contributed by atoms with Crippen LogP contribution in [0.25, 0.3) is 0 Å². The van der Waals surface area contributed by atoms with Gasteiger partial charge in [-0.15, -0.1) is 0 Å². The lowest BCUT2D eigenvalue weighted by molar-refractivity contribution is -0.138. The second-order valence-electron chi connectivity index (χ2n) is 10.2. The lowest BCUT2D eigenvalue weighted by atomic mass is 9.99. The van der Waals surface area contributed by atoms with Crippen LogP contribution in [0.1, 0.15) is 33.5 Å². The highest BCUT2D eigenvalue weighted by Crippen LogP contribution is 2.32. The first-order valence-electron chi connectivity index (χ1n) is 13.6. The molecule has 0 amide bonds. The number of nitrogens with one attached hydrogen (secondary N) is 1. The first kappa shape index (κ1) is 31.4. The van der Waals surface area contributed by atoms with E-state index in [9.17, 15) is 18.0 Å². The number of nitrogens with zero attached hydrogens (tertiary/aromatic N) is 4. The average Bonchev–Trinajstić information content (AvgIpc) is 3.41. The smallest absolute Gasteiger partial charge is 0.344 e. The molecule has 222 valence electrons. The molecule has 0 spiro atoms. The number of hydrogen-bond donors (Lipinski definition) is 2. The standard InChI is InChI=1S/C32H31F3N6OS/c1-22-5-4-7-27(13-22)39-31(43)40(19-25-6-2-3-8-29(25)32(33,34)35)20-26(16-37)30(42)14-28-17-38-21-41(28)18-24-11-9-23(15-36)10-12-24/h2-13,17,21,26H,14,16,18-20,37H2,1H3,(H,39,43)/t26-/m0/s1. The molecule has 0 radical (unpaired) electrons. The van der Waals surface area contributed by atoms with Crippen LogP contribution in [0.3, 0.4) is 0 Å². The maximum Gasteiger partial charge on any atom is 0.416 e. The van der Waals surface area contributed by atoms with Crippen molar-refractivity contribution in [2.75, 3.05) is 18.4 Å². The van der Waals surface area contributed by atoms with E-state index in [4.69, 9.17) is 23.2 Å². The number of nitriles is 1. The number of Topliss-reactive ketones (excluding diaryl/α,β-unsaturated/α-hetero) is 1. The zero-order chi connectivity index (χ0) is 31.0. The summed E-state index contributed by atoms with van der Waals surface area (Å²) < 4.78 is 43.3. The fourth-order valence-corrected chi connectivity index (χ4v) is 4.96. The number of thiocarbonyl (C=S) groups is 1.